The number of aromatic amines is 1. The molecule has 3 amide bonds. The number of hydrogen-bond donors (Lipinski definition) is 2. The molecule has 6 rings (SSSR count). The van der Waals surface area contributed by atoms with Gasteiger partial charge in [0.2, 0.25) is 11.8 Å². The molecule has 1 fully saturated rings. The molecule has 1 aromatic heterocycles. The molecular weight excluding hydrogens is 751 g/mol. The molecule has 3 heterocycles. The van der Waals surface area contributed by atoms with Gasteiger partial charge in [0.1, 0.15) is 11.0 Å². The second-order valence-corrected chi connectivity index (χ2v) is 13.8. The molecule has 2 N–H and O–H groups in total. The molecule has 4 aromatic rings. The van der Waals surface area contributed by atoms with Crippen molar-refractivity contribution in [2.45, 2.75) is 22.4 Å². The quantitative estimate of drug-likeness (QED) is 0.209. The first-order valence-electron chi connectivity index (χ1n) is 12.8. The standard InChI is InChI=1S/C29H18Br2F3N3O5S2/c30-14-4-7-17(8-5-14)37-26(39)22-21(23-25(36-28(41)44-23)43-24(22)27(37)40)18-11-15(31)6-9-19(18)42-12-20(38)35-16-3-1-2-13(10-16)29(32,33)34/h1-11,21-22,24H,12H2,(H,35,38)(H,36,41)/t21-,22?,24?/m1/s1. The van der Waals surface area contributed by atoms with Gasteiger partial charge in [0.25, 0.3) is 5.91 Å². The van der Waals surface area contributed by atoms with Crippen LogP contribution in [-0.4, -0.2) is 34.6 Å². The van der Waals surface area contributed by atoms with Gasteiger partial charge in [-0.1, -0.05) is 61.0 Å². The summed E-state index contributed by atoms with van der Waals surface area (Å²) in [6.07, 6.45) is -4.58. The third kappa shape index (κ3) is 5.85. The number of rotatable bonds is 6. The summed E-state index contributed by atoms with van der Waals surface area (Å²) in [4.78, 5) is 57.0. The monoisotopic (exact) mass is 767 g/mol. The molecule has 1 saturated heterocycles. The van der Waals surface area contributed by atoms with Gasteiger partial charge in [0.15, 0.2) is 6.61 Å². The predicted molar refractivity (Wildman–Crippen MR) is 166 cm³/mol. The number of aromatic nitrogens is 1. The fourth-order valence-electron chi connectivity index (χ4n) is 5.20. The van der Waals surface area contributed by atoms with Crippen LogP contribution in [0.25, 0.3) is 0 Å². The Morgan fingerprint density at radius 1 is 0.977 bits per heavy atom. The lowest BCUT2D eigenvalue weighted by molar-refractivity contribution is -0.137. The van der Waals surface area contributed by atoms with Crippen LogP contribution >= 0.6 is 55.0 Å². The molecule has 8 nitrogen and oxygen atoms in total. The van der Waals surface area contributed by atoms with E-state index in [0.717, 1.165) is 44.6 Å². The van der Waals surface area contributed by atoms with Gasteiger partial charge in [-0.2, -0.15) is 13.2 Å². The van der Waals surface area contributed by atoms with Crippen LogP contribution in [0, 0.1) is 5.92 Å². The summed E-state index contributed by atoms with van der Waals surface area (Å²) in [5, 5.41) is 2.03. The van der Waals surface area contributed by atoms with E-state index in [9.17, 15) is 32.3 Å². The number of benzene rings is 3. The Balaban J connectivity index is 1.33. The van der Waals surface area contributed by atoms with Crippen molar-refractivity contribution in [2.24, 2.45) is 5.92 Å². The summed E-state index contributed by atoms with van der Waals surface area (Å²) in [7, 11) is 0. The lowest BCUT2D eigenvalue weighted by Gasteiger charge is -2.31. The van der Waals surface area contributed by atoms with Crippen LogP contribution in [-0.2, 0) is 20.6 Å². The van der Waals surface area contributed by atoms with Gasteiger partial charge in [0.05, 0.1) is 22.2 Å². The third-order valence-electron chi connectivity index (χ3n) is 7.05. The number of anilines is 2. The number of thiazole rings is 1. The highest BCUT2D eigenvalue weighted by Crippen LogP contribution is 2.54. The zero-order valence-electron chi connectivity index (χ0n) is 22.0. The van der Waals surface area contributed by atoms with Crippen molar-refractivity contribution >= 4 is 84.1 Å². The van der Waals surface area contributed by atoms with E-state index in [1.165, 1.54) is 12.1 Å². The number of fused-ring (bicyclic) bond motifs is 2. The molecule has 226 valence electrons. The summed E-state index contributed by atoms with van der Waals surface area (Å²) < 4.78 is 46.6. The number of hydrogen-bond acceptors (Lipinski definition) is 7. The van der Waals surface area contributed by atoms with E-state index in [0.29, 0.717) is 25.6 Å². The van der Waals surface area contributed by atoms with E-state index < -0.39 is 53.2 Å². The van der Waals surface area contributed by atoms with Crippen LogP contribution in [0.4, 0.5) is 24.5 Å². The average molecular weight is 769 g/mol. The normalized spacial score (nSPS) is 19.5. The van der Waals surface area contributed by atoms with Crippen LogP contribution in [0.2, 0.25) is 0 Å². The molecule has 0 saturated carbocycles. The highest BCUT2D eigenvalue weighted by Gasteiger charge is 2.56. The Morgan fingerprint density at radius 3 is 2.43 bits per heavy atom. The number of thioether (sulfide) groups is 1. The number of nitrogens with one attached hydrogen (secondary N) is 2. The number of imide groups is 1. The zero-order valence-corrected chi connectivity index (χ0v) is 26.8. The largest absolute Gasteiger partial charge is 0.483 e. The molecule has 3 atom stereocenters. The molecule has 3 aromatic carbocycles. The number of nitrogens with zero attached hydrogens (tertiary/aromatic N) is 1. The van der Waals surface area contributed by atoms with Gasteiger partial charge in [-0.25, -0.2) is 4.90 Å². The number of ether oxygens (including phenoxy) is 1. The first-order valence-corrected chi connectivity index (χ1v) is 16.1. The molecule has 2 aliphatic heterocycles. The topological polar surface area (TPSA) is 109 Å². The first-order chi connectivity index (χ1) is 20.9. The number of carbonyl (C=O) groups excluding carboxylic acids is 3. The summed E-state index contributed by atoms with van der Waals surface area (Å²) in [5.74, 6) is -3.05. The Kier molecular flexibility index (Phi) is 8.24. The second kappa shape index (κ2) is 11.8. The predicted octanol–water partition coefficient (Wildman–Crippen LogP) is 6.79. The zero-order chi connectivity index (χ0) is 31.3. The van der Waals surface area contributed by atoms with Crippen molar-refractivity contribution < 1.29 is 32.3 Å². The maximum atomic E-state index is 14.0. The second-order valence-electron chi connectivity index (χ2n) is 9.84. The third-order valence-corrected chi connectivity index (χ3v) is 10.5. The van der Waals surface area contributed by atoms with E-state index in [-0.39, 0.29) is 16.3 Å². The fraction of sp³-hybridized carbons (Fsp3) is 0.172. The van der Waals surface area contributed by atoms with Crippen LogP contribution in [0.15, 0.2) is 85.5 Å². The molecule has 0 bridgehead atoms. The molecular formula is C29H18Br2F3N3O5S2. The molecule has 0 aliphatic carbocycles. The summed E-state index contributed by atoms with van der Waals surface area (Å²) in [6.45, 7) is -0.561. The van der Waals surface area contributed by atoms with Crippen LogP contribution in [0.3, 0.4) is 0 Å². The number of amides is 3. The molecule has 15 heteroatoms. The van der Waals surface area contributed by atoms with E-state index >= 15 is 0 Å². The van der Waals surface area contributed by atoms with Crippen molar-refractivity contribution in [3.05, 3.63) is 101 Å². The molecule has 0 radical (unpaired) electrons. The molecule has 0 spiro atoms. The van der Waals surface area contributed by atoms with E-state index in [1.807, 2.05) is 0 Å². The van der Waals surface area contributed by atoms with Crippen molar-refractivity contribution in [1.29, 1.82) is 0 Å². The smallest absolute Gasteiger partial charge is 0.416 e. The van der Waals surface area contributed by atoms with E-state index in [2.05, 4.69) is 42.2 Å². The fourth-order valence-corrected chi connectivity index (χ4v) is 8.35. The Morgan fingerprint density at radius 2 is 1.70 bits per heavy atom. The van der Waals surface area contributed by atoms with Gasteiger partial charge in [-0.05, 0) is 60.7 Å². The lowest BCUT2D eigenvalue weighted by Crippen LogP contribution is -2.32. The highest BCUT2D eigenvalue weighted by atomic mass is 79.9. The Bertz CT molecular complexity index is 1860. The number of halogens is 5. The Hall–Kier alpha value is -3.40. The average Bonchev–Trinajstić information content (AvgIpc) is 3.46. The van der Waals surface area contributed by atoms with E-state index in [1.54, 1.807) is 42.5 Å². The van der Waals surface area contributed by atoms with Crippen molar-refractivity contribution in [1.82, 2.24) is 4.98 Å². The number of alkyl halides is 3. The summed E-state index contributed by atoms with van der Waals surface area (Å²) in [5.41, 5.74) is -0.102. The Labute approximate surface area is 272 Å². The van der Waals surface area contributed by atoms with Gasteiger partial charge >= 0.3 is 11.0 Å². The minimum atomic E-state index is -4.58. The van der Waals surface area contributed by atoms with Crippen molar-refractivity contribution in [3.8, 4) is 5.75 Å². The first kappa shape index (κ1) is 30.6. The van der Waals surface area contributed by atoms with E-state index in [4.69, 9.17) is 4.74 Å². The SMILES string of the molecule is O=C(COc1ccc(Br)cc1[C@H]1c2sc(=O)[nH]c2SC2C(=O)N(c3ccc(Br)cc3)C(=O)C21)Nc1cccc(C(F)(F)F)c1. The minimum Gasteiger partial charge on any atom is -0.483 e. The van der Waals surface area contributed by atoms with Gasteiger partial charge in [-0.3, -0.25) is 19.2 Å². The van der Waals surface area contributed by atoms with Crippen LogP contribution < -0.4 is 19.8 Å². The lowest BCUT2D eigenvalue weighted by atomic mass is 9.82. The number of carbonyl (C=O) groups is 3. The van der Waals surface area contributed by atoms with Crippen LogP contribution in [0.1, 0.15) is 21.9 Å². The van der Waals surface area contributed by atoms with Crippen molar-refractivity contribution in [2.75, 3.05) is 16.8 Å². The maximum Gasteiger partial charge on any atom is 0.416 e. The maximum absolute atomic E-state index is 14.0. The van der Waals surface area contributed by atoms with Gasteiger partial charge < -0.3 is 15.0 Å². The van der Waals surface area contributed by atoms with Gasteiger partial charge in [-0.15, -0.1) is 0 Å². The molecule has 2 aliphatic rings. The number of H-pyrrole nitrogens is 1. The summed E-state index contributed by atoms with van der Waals surface area (Å²) in [6, 6.07) is 15.9. The molecule has 2 unspecified atom stereocenters. The van der Waals surface area contributed by atoms with Crippen LogP contribution in [0.5, 0.6) is 5.75 Å². The van der Waals surface area contributed by atoms with Crippen molar-refractivity contribution in [3.63, 3.8) is 0 Å². The van der Waals surface area contributed by atoms with Gasteiger partial charge in [0, 0.05) is 31.0 Å². The summed E-state index contributed by atoms with van der Waals surface area (Å²) >= 11 is 8.86. The molecule has 44 heavy (non-hydrogen) atoms. The highest BCUT2D eigenvalue weighted by molar-refractivity contribution is 9.10. The minimum absolute atomic E-state index is 0.0542.